The molecule has 24 heavy (non-hydrogen) atoms. The van der Waals surface area contributed by atoms with Crippen molar-refractivity contribution in [3.63, 3.8) is 0 Å². The third-order valence-electron chi connectivity index (χ3n) is 4.36. The number of rotatable bonds is 3. The van der Waals surface area contributed by atoms with Crippen LogP contribution in [-0.4, -0.2) is 28.8 Å². The van der Waals surface area contributed by atoms with Gasteiger partial charge in [-0.05, 0) is 38.1 Å². The molecule has 0 N–H and O–H groups in total. The SMILES string of the molecule is Cc1ccc2n1CCN(S(=O)(=O)c1ccc(F)c([N+](=O)[O-])c1)[C@H]2C. The molecule has 0 spiro atoms. The highest BCUT2D eigenvalue weighted by atomic mass is 32.2. The van der Waals surface area contributed by atoms with Crippen LogP contribution < -0.4 is 0 Å². The van der Waals surface area contributed by atoms with Crippen molar-refractivity contribution in [2.45, 2.75) is 31.3 Å². The van der Waals surface area contributed by atoms with Crippen molar-refractivity contribution in [1.82, 2.24) is 8.87 Å². The van der Waals surface area contributed by atoms with Gasteiger partial charge in [-0.2, -0.15) is 8.70 Å². The molecule has 1 aromatic carbocycles. The first-order chi connectivity index (χ1) is 11.2. The second-order valence-electron chi connectivity index (χ2n) is 5.71. The van der Waals surface area contributed by atoms with Crippen molar-refractivity contribution in [2.24, 2.45) is 0 Å². The Hall–Kier alpha value is -2.26. The largest absolute Gasteiger partial charge is 0.346 e. The molecule has 2 heterocycles. The summed E-state index contributed by atoms with van der Waals surface area (Å²) in [6.07, 6.45) is 0. The number of benzene rings is 1. The summed E-state index contributed by atoms with van der Waals surface area (Å²) in [5.74, 6) is -1.06. The molecule has 0 bridgehead atoms. The lowest BCUT2D eigenvalue weighted by Crippen LogP contribution is -2.41. The van der Waals surface area contributed by atoms with Gasteiger partial charge in [0.2, 0.25) is 15.8 Å². The minimum Gasteiger partial charge on any atom is -0.346 e. The van der Waals surface area contributed by atoms with Crippen molar-refractivity contribution in [3.8, 4) is 0 Å². The van der Waals surface area contributed by atoms with Gasteiger partial charge in [0.1, 0.15) is 0 Å². The van der Waals surface area contributed by atoms with Gasteiger partial charge in [0.25, 0.3) is 0 Å². The number of fused-ring (bicyclic) bond motifs is 1. The number of nitro benzene ring substituents is 1. The molecule has 0 saturated heterocycles. The van der Waals surface area contributed by atoms with Crippen LogP contribution in [0.5, 0.6) is 0 Å². The lowest BCUT2D eigenvalue weighted by molar-refractivity contribution is -0.387. The Morgan fingerprint density at radius 3 is 2.62 bits per heavy atom. The zero-order chi connectivity index (χ0) is 17.6. The zero-order valence-electron chi connectivity index (χ0n) is 13.1. The Bertz CT molecular complexity index is 923. The van der Waals surface area contributed by atoms with E-state index in [0.717, 1.165) is 29.6 Å². The Morgan fingerprint density at radius 2 is 1.96 bits per heavy atom. The first-order valence-corrected chi connectivity index (χ1v) is 8.79. The van der Waals surface area contributed by atoms with E-state index in [-0.39, 0.29) is 11.4 Å². The molecule has 1 atom stereocenters. The van der Waals surface area contributed by atoms with E-state index in [2.05, 4.69) is 0 Å². The van der Waals surface area contributed by atoms with Gasteiger partial charge in [0.05, 0.1) is 15.9 Å². The Balaban J connectivity index is 2.03. The van der Waals surface area contributed by atoms with Gasteiger partial charge in [-0.25, -0.2) is 8.42 Å². The summed E-state index contributed by atoms with van der Waals surface area (Å²) >= 11 is 0. The second-order valence-corrected chi connectivity index (χ2v) is 7.60. The predicted molar refractivity (Wildman–Crippen MR) is 84.5 cm³/mol. The molecule has 3 rings (SSSR count). The number of hydrogen-bond donors (Lipinski definition) is 0. The lowest BCUT2D eigenvalue weighted by Gasteiger charge is -2.34. The minimum absolute atomic E-state index is 0.247. The van der Waals surface area contributed by atoms with Crippen molar-refractivity contribution < 1.29 is 17.7 Å². The molecular weight excluding hydrogens is 337 g/mol. The molecule has 128 valence electrons. The van der Waals surface area contributed by atoms with Crippen LogP contribution in [0.15, 0.2) is 35.2 Å². The normalized spacial score (nSPS) is 18.4. The third kappa shape index (κ3) is 2.49. The molecular formula is C15H16FN3O4S. The molecule has 0 unspecified atom stereocenters. The second kappa shape index (κ2) is 5.67. The molecule has 7 nitrogen and oxygen atoms in total. The molecule has 1 aromatic heterocycles. The Morgan fingerprint density at radius 1 is 1.25 bits per heavy atom. The maximum atomic E-state index is 13.5. The number of aromatic nitrogens is 1. The number of sulfonamides is 1. The number of aryl methyl sites for hydroxylation is 1. The van der Waals surface area contributed by atoms with Gasteiger partial charge >= 0.3 is 5.69 Å². The van der Waals surface area contributed by atoms with E-state index in [9.17, 15) is 22.9 Å². The molecule has 2 aromatic rings. The summed E-state index contributed by atoms with van der Waals surface area (Å²) in [4.78, 5) is 9.66. The van der Waals surface area contributed by atoms with Crippen molar-refractivity contribution >= 4 is 15.7 Å². The van der Waals surface area contributed by atoms with Crippen LogP contribution in [0.4, 0.5) is 10.1 Å². The molecule has 1 aliphatic heterocycles. The highest BCUT2D eigenvalue weighted by Gasteiger charge is 2.35. The molecule has 1 aliphatic rings. The van der Waals surface area contributed by atoms with Crippen molar-refractivity contribution in [2.75, 3.05) is 6.54 Å². The van der Waals surface area contributed by atoms with Gasteiger partial charge < -0.3 is 4.57 Å². The molecule has 0 amide bonds. The maximum Gasteiger partial charge on any atom is 0.306 e. The molecule has 0 radical (unpaired) electrons. The molecule has 9 heteroatoms. The van der Waals surface area contributed by atoms with E-state index in [1.807, 2.05) is 23.6 Å². The van der Waals surface area contributed by atoms with Crippen LogP contribution in [0.2, 0.25) is 0 Å². The van der Waals surface area contributed by atoms with E-state index in [1.165, 1.54) is 4.31 Å². The third-order valence-corrected chi connectivity index (χ3v) is 6.32. The smallest absolute Gasteiger partial charge is 0.306 e. The predicted octanol–water partition coefficient (Wildman–Crippen LogP) is 2.61. The van der Waals surface area contributed by atoms with Crippen LogP contribution >= 0.6 is 0 Å². The van der Waals surface area contributed by atoms with E-state index in [1.54, 1.807) is 6.92 Å². The fraction of sp³-hybridized carbons (Fsp3) is 0.333. The van der Waals surface area contributed by atoms with Gasteiger partial charge in [-0.1, -0.05) is 0 Å². The molecule has 0 aliphatic carbocycles. The first kappa shape index (κ1) is 16.6. The fourth-order valence-electron chi connectivity index (χ4n) is 3.06. The van der Waals surface area contributed by atoms with Crippen molar-refractivity contribution in [3.05, 3.63) is 57.7 Å². The van der Waals surface area contributed by atoms with E-state index >= 15 is 0 Å². The first-order valence-electron chi connectivity index (χ1n) is 7.35. The van der Waals surface area contributed by atoms with Gasteiger partial charge in [0.15, 0.2) is 0 Å². The average Bonchev–Trinajstić information content (AvgIpc) is 2.89. The summed E-state index contributed by atoms with van der Waals surface area (Å²) in [7, 11) is -3.97. The Labute approximate surface area is 138 Å². The average molecular weight is 353 g/mol. The van der Waals surface area contributed by atoms with Gasteiger partial charge in [0, 0.05) is 30.5 Å². The highest BCUT2D eigenvalue weighted by Crippen LogP contribution is 2.33. The standard InChI is InChI=1S/C15H16FN3O4S/c1-10-3-6-14-11(2)18(8-7-17(10)14)24(22,23)12-4-5-13(16)15(9-12)19(20)21/h3-6,9,11H,7-8H2,1-2H3/t11-/m0/s1. The Kier molecular flexibility index (Phi) is 3.92. The fourth-order valence-corrected chi connectivity index (χ4v) is 4.67. The minimum atomic E-state index is -3.97. The number of hydrogen-bond acceptors (Lipinski definition) is 4. The number of nitrogens with zero attached hydrogens (tertiary/aromatic N) is 3. The lowest BCUT2D eigenvalue weighted by atomic mass is 10.2. The zero-order valence-corrected chi connectivity index (χ0v) is 14.0. The number of nitro groups is 1. The monoisotopic (exact) mass is 353 g/mol. The van der Waals surface area contributed by atoms with E-state index < -0.39 is 32.5 Å². The number of halogens is 1. The topological polar surface area (TPSA) is 85.5 Å². The van der Waals surface area contributed by atoms with Crippen LogP contribution in [0, 0.1) is 22.9 Å². The van der Waals surface area contributed by atoms with Crippen LogP contribution in [-0.2, 0) is 16.6 Å². The van der Waals surface area contributed by atoms with E-state index in [0.29, 0.717) is 6.54 Å². The summed E-state index contributed by atoms with van der Waals surface area (Å²) in [6, 6.07) is 6.02. The van der Waals surface area contributed by atoms with Crippen LogP contribution in [0.1, 0.15) is 24.4 Å². The van der Waals surface area contributed by atoms with Gasteiger partial charge in [-0.3, -0.25) is 10.1 Å². The quantitative estimate of drug-likeness (QED) is 0.627. The summed E-state index contributed by atoms with van der Waals surface area (Å²) < 4.78 is 42.6. The molecule has 0 fully saturated rings. The highest BCUT2D eigenvalue weighted by molar-refractivity contribution is 7.89. The van der Waals surface area contributed by atoms with Crippen molar-refractivity contribution in [1.29, 1.82) is 0 Å². The summed E-state index contributed by atoms with van der Waals surface area (Å²) in [5, 5.41) is 10.9. The van der Waals surface area contributed by atoms with Crippen LogP contribution in [0.25, 0.3) is 0 Å². The summed E-state index contributed by atoms with van der Waals surface area (Å²) in [5.41, 5.74) is 1.06. The van der Waals surface area contributed by atoms with E-state index in [4.69, 9.17) is 0 Å². The molecule has 0 saturated carbocycles. The van der Waals surface area contributed by atoms with Gasteiger partial charge in [-0.15, -0.1) is 0 Å². The maximum absolute atomic E-state index is 13.5. The summed E-state index contributed by atoms with van der Waals surface area (Å²) in [6.45, 7) is 4.46. The van der Waals surface area contributed by atoms with Crippen LogP contribution in [0.3, 0.4) is 0 Å².